The zero-order valence-electron chi connectivity index (χ0n) is 10.9. The van der Waals surface area contributed by atoms with Crippen LogP contribution >= 0.6 is 0 Å². The Kier molecular flexibility index (Phi) is 10.4. The number of hydrogen-bond acceptors (Lipinski definition) is 3. The SMILES string of the molecule is CCCCCNC(=O)NCCCCC(=O)OC. The van der Waals surface area contributed by atoms with Gasteiger partial charge in [0.1, 0.15) is 0 Å². The zero-order chi connectivity index (χ0) is 12.9. The van der Waals surface area contributed by atoms with Gasteiger partial charge in [0.2, 0.25) is 0 Å². The number of carbonyl (C=O) groups is 2. The smallest absolute Gasteiger partial charge is 0.314 e. The van der Waals surface area contributed by atoms with E-state index in [9.17, 15) is 9.59 Å². The van der Waals surface area contributed by atoms with Crippen LogP contribution in [-0.4, -0.2) is 32.2 Å². The summed E-state index contributed by atoms with van der Waals surface area (Å²) in [6.07, 6.45) is 5.25. The van der Waals surface area contributed by atoms with Gasteiger partial charge in [0, 0.05) is 19.5 Å². The lowest BCUT2D eigenvalue weighted by molar-refractivity contribution is -0.140. The minimum absolute atomic E-state index is 0.126. The van der Waals surface area contributed by atoms with E-state index in [2.05, 4.69) is 22.3 Å². The van der Waals surface area contributed by atoms with Gasteiger partial charge in [-0.15, -0.1) is 0 Å². The van der Waals surface area contributed by atoms with Gasteiger partial charge in [0.05, 0.1) is 7.11 Å². The maximum atomic E-state index is 11.2. The van der Waals surface area contributed by atoms with E-state index < -0.39 is 0 Å². The van der Waals surface area contributed by atoms with Gasteiger partial charge in [0.25, 0.3) is 0 Å². The number of esters is 1. The summed E-state index contributed by atoms with van der Waals surface area (Å²) < 4.78 is 4.52. The van der Waals surface area contributed by atoms with Gasteiger partial charge in [-0.2, -0.15) is 0 Å². The second-order valence-corrected chi connectivity index (χ2v) is 3.92. The number of ether oxygens (including phenoxy) is 1. The van der Waals surface area contributed by atoms with Gasteiger partial charge in [0.15, 0.2) is 0 Å². The highest BCUT2D eigenvalue weighted by Gasteiger charge is 2.01. The molecule has 0 aliphatic heterocycles. The Bertz CT molecular complexity index is 220. The summed E-state index contributed by atoms with van der Waals surface area (Å²) in [6.45, 7) is 3.44. The summed E-state index contributed by atoms with van der Waals surface area (Å²) in [5.41, 5.74) is 0. The number of carbonyl (C=O) groups excluding carboxylic acids is 2. The highest BCUT2D eigenvalue weighted by Crippen LogP contribution is 1.95. The molecule has 100 valence electrons. The average molecular weight is 244 g/mol. The first-order valence-corrected chi connectivity index (χ1v) is 6.29. The molecule has 0 bridgehead atoms. The van der Waals surface area contributed by atoms with Crippen LogP contribution in [0.2, 0.25) is 0 Å². The molecule has 2 N–H and O–H groups in total. The number of amides is 2. The van der Waals surface area contributed by atoms with Crippen molar-refractivity contribution in [3.63, 3.8) is 0 Å². The van der Waals surface area contributed by atoms with Crippen molar-refractivity contribution in [1.29, 1.82) is 0 Å². The molecular weight excluding hydrogens is 220 g/mol. The van der Waals surface area contributed by atoms with Crippen LogP contribution in [0.4, 0.5) is 4.79 Å². The van der Waals surface area contributed by atoms with Crippen LogP contribution < -0.4 is 10.6 Å². The average Bonchev–Trinajstić information content (AvgIpc) is 2.34. The van der Waals surface area contributed by atoms with E-state index in [1.54, 1.807) is 0 Å². The standard InChI is InChI=1S/C12H24N2O3/c1-3-4-6-9-13-12(16)14-10-7-5-8-11(15)17-2/h3-10H2,1-2H3,(H2,13,14,16). The molecule has 17 heavy (non-hydrogen) atoms. The number of unbranched alkanes of at least 4 members (excludes halogenated alkanes) is 3. The Balaban J connectivity index is 3.24. The number of urea groups is 1. The molecular formula is C12H24N2O3. The second kappa shape index (κ2) is 11.2. The van der Waals surface area contributed by atoms with Crippen LogP contribution in [-0.2, 0) is 9.53 Å². The summed E-state index contributed by atoms with van der Waals surface area (Å²) in [5, 5.41) is 5.54. The van der Waals surface area contributed by atoms with Crippen LogP contribution in [0.25, 0.3) is 0 Å². The molecule has 5 heteroatoms. The molecule has 0 spiro atoms. The number of rotatable bonds is 9. The van der Waals surface area contributed by atoms with Crippen molar-refractivity contribution >= 4 is 12.0 Å². The van der Waals surface area contributed by atoms with E-state index >= 15 is 0 Å². The Hall–Kier alpha value is -1.26. The fourth-order valence-corrected chi connectivity index (χ4v) is 1.34. The van der Waals surface area contributed by atoms with Crippen molar-refractivity contribution < 1.29 is 14.3 Å². The fourth-order valence-electron chi connectivity index (χ4n) is 1.34. The van der Waals surface area contributed by atoms with Gasteiger partial charge < -0.3 is 15.4 Å². The Labute approximate surface area is 103 Å². The largest absolute Gasteiger partial charge is 0.469 e. The van der Waals surface area contributed by atoms with Gasteiger partial charge in [-0.1, -0.05) is 19.8 Å². The quantitative estimate of drug-likeness (QED) is 0.480. The molecule has 0 aromatic carbocycles. The molecule has 0 aliphatic rings. The van der Waals surface area contributed by atoms with E-state index in [1.165, 1.54) is 7.11 Å². The highest BCUT2D eigenvalue weighted by molar-refractivity contribution is 5.73. The van der Waals surface area contributed by atoms with Crippen LogP contribution in [0, 0.1) is 0 Å². The molecule has 0 fully saturated rings. The van der Waals surface area contributed by atoms with Crippen molar-refractivity contribution in [3.8, 4) is 0 Å². The van der Waals surface area contributed by atoms with Gasteiger partial charge in [-0.05, 0) is 19.3 Å². The third-order valence-electron chi connectivity index (χ3n) is 2.39. The van der Waals surface area contributed by atoms with Gasteiger partial charge in [-0.3, -0.25) is 4.79 Å². The fraction of sp³-hybridized carbons (Fsp3) is 0.833. The molecule has 0 atom stereocenters. The molecule has 0 aromatic heterocycles. The first kappa shape index (κ1) is 15.7. The third kappa shape index (κ3) is 11.0. The minimum atomic E-state index is -0.200. The summed E-state index contributed by atoms with van der Waals surface area (Å²) in [7, 11) is 1.38. The molecule has 0 radical (unpaired) electrons. The summed E-state index contributed by atoms with van der Waals surface area (Å²) >= 11 is 0. The zero-order valence-corrected chi connectivity index (χ0v) is 10.9. The van der Waals surface area contributed by atoms with Crippen LogP contribution in [0.5, 0.6) is 0 Å². The Morgan fingerprint density at radius 3 is 2.12 bits per heavy atom. The van der Waals surface area contributed by atoms with Crippen molar-refractivity contribution in [2.24, 2.45) is 0 Å². The van der Waals surface area contributed by atoms with Crippen molar-refractivity contribution in [2.75, 3.05) is 20.2 Å². The predicted octanol–water partition coefficient (Wildman–Crippen LogP) is 1.82. The van der Waals surface area contributed by atoms with E-state index in [0.717, 1.165) is 38.6 Å². The first-order chi connectivity index (χ1) is 8.20. The minimum Gasteiger partial charge on any atom is -0.469 e. The van der Waals surface area contributed by atoms with E-state index in [1.807, 2.05) is 0 Å². The Morgan fingerprint density at radius 1 is 1.00 bits per heavy atom. The van der Waals surface area contributed by atoms with E-state index in [4.69, 9.17) is 0 Å². The molecule has 0 heterocycles. The lowest BCUT2D eigenvalue weighted by Gasteiger charge is -2.06. The highest BCUT2D eigenvalue weighted by atomic mass is 16.5. The predicted molar refractivity (Wildman–Crippen MR) is 66.8 cm³/mol. The lowest BCUT2D eigenvalue weighted by atomic mass is 10.2. The van der Waals surface area contributed by atoms with E-state index in [0.29, 0.717) is 13.0 Å². The maximum Gasteiger partial charge on any atom is 0.314 e. The third-order valence-corrected chi connectivity index (χ3v) is 2.39. The molecule has 0 saturated heterocycles. The van der Waals surface area contributed by atoms with Gasteiger partial charge in [-0.25, -0.2) is 4.79 Å². The van der Waals surface area contributed by atoms with E-state index in [-0.39, 0.29) is 12.0 Å². The summed E-state index contributed by atoms with van der Waals surface area (Å²) in [5.74, 6) is -0.200. The number of methoxy groups -OCH3 is 1. The number of hydrogen-bond donors (Lipinski definition) is 2. The van der Waals surface area contributed by atoms with Gasteiger partial charge >= 0.3 is 12.0 Å². The number of nitrogens with one attached hydrogen (secondary N) is 2. The van der Waals surface area contributed by atoms with Crippen molar-refractivity contribution in [1.82, 2.24) is 10.6 Å². The summed E-state index contributed by atoms with van der Waals surface area (Å²) in [4.78, 5) is 22.0. The van der Waals surface area contributed by atoms with Crippen LogP contribution in [0.1, 0.15) is 45.4 Å². The van der Waals surface area contributed by atoms with Crippen molar-refractivity contribution in [3.05, 3.63) is 0 Å². The summed E-state index contributed by atoms with van der Waals surface area (Å²) in [6, 6.07) is -0.126. The maximum absolute atomic E-state index is 11.2. The monoisotopic (exact) mass is 244 g/mol. The first-order valence-electron chi connectivity index (χ1n) is 6.29. The Morgan fingerprint density at radius 2 is 1.59 bits per heavy atom. The molecule has 2 amide bonds. The molecule has 0 unspecified atom stereocenters. The molecule has 0 saturated carbocycles. The molecule has 0 aromatic rings. The normalized spacial score (nSPS) is 9.76. The molecule has 0 aliphatic carbocycles. The second-order valence-electron chi connectivity index (χ2n) is 3.92. The van der Waals surface area contributed by atoms with Crippen LogP contribution in [0.3, 0.4) is 0 Å². The van der Waals surface area contributed by atoms with Crippen molar-refractivity contribution in [2.45, 2.75) is 45.4 Å². The molecule has 5 nitrogen and oxygen atoms in total. The topological polar surface area (TPSA) is 67.4 Å². The molecule has 0 rings (SSSR count). The lowest BCUT2D eigenvalue weighted by Crippen LogP contribution is -2.36. The van der Waals surface area contributed by atoms with Crippen LogP contribution in [0.15, 0.2) is 0 Å².